The van der Waals surface area contributed by atoms with Gasteiger partial charge in [-0.25, -0.2) is 4.79 Å². The summed E-state index contributed by atoms with van der Waals surface area (Å²) in [6, 6.07) is 0.0957. The molecule has 0 aromatic heterocycles. The number of nitrogens with two attached hydrogens (primary N) is 1. The molecule has 0 spiro atoms. The van der Waals surface area contributed by atoms with Gasteiger partial charge in [0.05, 0.1) is 17.4 Å². The van der Waals surface area contributed by atoms with Gasteiger partial charge in [-0.3, -0.25) is 14.4 Å². The molecule has 6 rings (SSSR count). The van der Waals surface area contributed by atoms with Crippen LogP contribution >= 0.6 is 0 Å². The number of hydrogen-bond donors (Lipinski definition) is 3. The van der Waals surface area contributed by atoms with Crippen molar-refractivity contribution >= 4 is 23.8 Å². The number of esters is 1. The van der Waals surface area contributed by atoms with E-state index in [-0.39, 0.29) is 63.9 Å². The Hall–Kier alpha value is -2.42. The molecule has 1 heterocycles. The Balaban J connectivity index is 1.30. The van der Waals surface area contributed by atoms with Crippen molar-refractivity contribution < 1.29 is 29.0 Å². The zero-order valence-electron chi connectivity index (χ0n) is 32.4. The number of fused-ring (bicyclic) bond motifs is 6. The number of carbonyl (C=O) groups excluding carboxylic acids is 3. The maximum atomic E-state index is 14.0. The third kappa shape index (κ3) is 5.57. The van der Waals surface area contributed by atoms with E-state index in [2.05, 4.69) is 53.8 Å². The number of piperidine rings is 1. The first-order valence-corrected chi connectivity index (χ1v) is 19.7. The molecule has 5 fully saturated rings. The smallest absolute Gasteiger partial charge is 0.318 e. The number of carboxylic acids is 1. The standard InChI is InChI=1S/C41H65N3O6/c1-24(2)32-27(45)22-41(43-35(49)44-20-14-25(42)15-21-44)19-18-39(8)26(33(32)41)10-11-29-38(7)16-13-30(50-31(46)23-36(3,4)34(47)48)37(5,6)28(38)12-17-40(29,39)9/h24-25,28-30,32H,10-23,42H2,1-9H3,(H,43,49)(H,47,48)/t28?,29?,30-,32?,38-,39+,40+,41+/m0/s1. The fourth-order valence-corrected chi connectivity index (χ4v) is 12.9. The van der Waals surface area contributed by atoms with Crippen LogP contribution in [0.4, 0.5) is 4.79 Å². The van der Waals surface area contributed by atoms with Gasteiger partial charge >= 0.3 is 18.0 Å². The molecule has 9 nitrogen and oxygen atoms in total. The van der Waals surface area contributed by atoms with Crippen molar-refractivity contribution in [1.82, 2.24) is 10.2 Å². The number of carbonyl (C=O) groups is 4. The highest BCUT2D eigenvalue weighted by molar-refractivity contribution is 5.92. The summed E-state index contributed by atoms with van der Waals surface area (Å²) >= 11 is 0. The summed E-state index contributed by atoms with van der Waals surface area (Å²) in [7, 11) is 0. The number of likely N-dealkylation sites (tertiary alicyclic amines) is 1. The minimum absolute atomic E-state index is 0.0241. The molecule has 0 bridgehead atoms. The predicted molar refractivity (Wildman–Crippen MR) is 193 cm³/mol. The number of ketones is 1. The number of rotatable bonds is 6. The second kappa shape index (κ2) is 12.3. The molecule has 3 unspecified atom stereocenters. The normalized spacial score (nSPS) is 40.1. The van der Waals surface area contributed by atoms with E-state index in [1.54, 1.807) is 13.8 Å². The lowest BCUT2D eigenvalue weighted by atomic mass is 9.34. The molecule has 50 heavy (non-hydrogen) atoms. The minimum Gasteiger partial charge on any atom is -0.481 e. The molecule has 1 aliphatic heterocycles. The summed E-state index contributed by atoms with van der Waals surface area (Å²) in [4.78, 5) is 54.5. The van der Waals surface area contributed by atoms with E-state index < -0.39 is 22.9 Å². The molecule has 1 saturated heterocycles. The number of carboxylic acid groups (broad SMARTS) is 1. The molecule has 4 N–H and O–H groups in total. The zero-order valence-corrected chi connectivity index (χ0v) is 32.4. The van der Waals surface area contributed by atoms with E-state index in [1.165, 1.54) is 11.1 Å². The van der Waals surface area contributed by atoms with Gasteiger partial charge in [0.15, 0.2) is 0 Å². The van der Waals surface area contributed by atoms with E-state index in [4.69, 9.17) is 10.5 Å². The van der Waals surface area contributed by atoms with Crippen LogP contribution in [-0.4, -0.2) is 64.5 Å². The Kier molecular flexibility index (Phi) is 9.21. The van der Waals surface area contributed by atoms with E-state index in [0.29, 0.717) is 31.3 Å². The molecule has 4 saturated carbocycles. The highest BCUT2D eigenvalue weighted by Crippen LogP contribution is 2.75. The van der Waals surface area contributed by atoms with E-state index in [1.807, 2.05) is 4.90 Å². The fourth-order valence-electron chi connectivity index (χ4n) is 12.9. The van der Waals surface area contributed by atoms with E-state index in [0.717, 1.165) is 64.2 Å². The largest absolute Gasteiger partial charge is 0.481 e. The molecule has 8 atom stereocenters. The number of Topliss-reactive ketones (excluding diaryl/α,β-unsaturated/α-hetero) is 1. The quantitative estimate of drug-likeness (QED) is 0.196. The monoisotopic (exact) mass is 695 g/mol. The van der Waals surface area contributed by atoms with Gasteiger partial charge in [-0.1, -0.05) is 54.0 Å². The number of ether oxygens (including phenoxy) is 1. The topological polar surface area (TPSA) is 139 Å². The summed E-state index contributed by atoms with van der Waals surface area (Å²) in [5.74, 6) is -0.307. The SMILES string of the molecule is CC(C)C1C(=O)C[C@]2(NC(=O)N3CCC(N)CC3)CC[C@]3(C)C(=C12)CCC1[C@@]2(C)CC[C@H](OC(=O)CC(C)(C)C(=O)O)C(C)(C)C2CC[C@]13C. The molecular formula is C41H65N3O6. The minimum atomic E-state index is -1.17. The third-order valence-electron chi connectivity index (χ3n) is 15.9. The van der Waals surface area contributed by atoms with Crippen molar-refractivity contribution in [2.45, 2.75) is 157 Å². The second-order valence-electron chi connectivity index (χ2n) is 19.7. The van der Waals surface area contributed by atoms with Crippen molar-refractivity contribution in [1.29, 1.82) is 0 Å². The van der Waals surface area contributed by atoms with Gasteiger partial charge in [-0.05, 0) is 118 Å². The maximum absolute atomic E-state index is 14.0. The molecule has 0 aromatic rings. The summed E-state index contributed by atoms with van der Waals surface area (Å²) in [5, 5.41) is 13.1. The van der Waals surface area contributed by atoms with Crippen LogP contribution in [0.5, 0.6) is 0 Å². The maximum Gasteiger partial charge on any atom is 0.318 e. The van der Waals surface area contributed by atoms with Crippen LogP contribution in [0.3, 0.4) is 0 Å². The molecule has 280 valence electrons. The Morgan fingerprint density at radius 1 is 0.960 bits per heavy atom. The van der Waals surface area contributed by atoms with Crippen LogP contribution in [0.2, 0.25) is 0 Å². The van der Waals surface area contributed by atoms with Gasteiger partial charge in [0, 0.05) is 36.9 Å². The first kappa shape index (κ1) is 37.3. The number of nitrogens with one attached hydrogen (secondary N) is 1. The Morgan fingerprint density at radius 2 is 1.62 bits per heavy atom. The van der Waals surface area contributed by atoms with Crippen molar-refractivity contribution in [2.24, 2.45) is 56.5 Å². The molecule has 5 aliphatic carbocycles. The highest BCUT2D eigenvalue weighted by Gasteiger charge is 2.69. The van der Waals surface area contributed by atoms with Gasteiger partial charge in [-0.2, -0.15) is 0 Å². The van der Waals surface area contributed by atoms with Crippen molar-refractivity contribution in [3.05, 3.63) is 11.1 Å². The lowest BCUT2D eigenvalue weighted by Gasteiger charge is -2.70. The number of allylic oxidation sites excluding steroid dienone is 1. The number of aliphatic carboxylic acids is 1. The highest BCUT2D eigenvalue weighted by atomic mass is 16.5. The zero-order chi connectivity index (χ0) is 36.8. The van der Waals surface area contributed by atoms with Gasteiger partial charge in [0.2, 0.25) is 0 Å². The van der Waals surface area contributed by atoms with E-state index >= 15 is 0 Å². The van der Waals surface area contributed by atoms with Crippen LogP contribution in [0.1, 0.15) is 139 Å². The molecule has 0 aromatic carbocycles. The first-order valence-electron chi connectivity index (χ1n) is 19.7. The molecule has 0 radical (unpaired) electrons. The lowest BCUT2D eigenvalue weighted by molar-refractivity contribution is -0.214. The molecule has 6 aliphatic rings. The lowest BCUT2D eigenvalue weighted by Crippen LogP contribution is -2.65. The Morgan fingerprint density at radius 3 is 2.24 bits per heavy atom. The Labute approximate surface area is 300 Å². The average Bonchev–Trinajstić information content (AvgIpc) is 3.30. The van der Waals surface area contributed by atoms with Gasteiger partial charge in [0.25, 0.3) is 0 Å². The predicted octanol–water partition coefficient (Wildman–Crippen LogP) is 7.26. The summed E-state index contributed by atoms with van der Waals surface area (Å²) in [5.41, 5.74) is 6.84. The number of amides is 2. The van der Waals surface area contributed by atoms with Crippen molar-refractivity contribution in [2.75, 3.05) is 13.1 Å². The first-order chi connectivity index (χ1) is 23.1. The molecular weight excluding hydrogens is 630 g/mol. The van der Waals surface area contributed by atoms with Crippen LogP contribution in [0, 0.1) is 50.7 Å². The van der Waals surface area contributed by atoms with Crippen molar-refractivity contribution in [3.8, 4) is 0 Å². The summed E-state index contributed by atoms with van der Waals surface area (Å²) in [6.45, 7) is 20.9. The number of urea groups is 1. The van der Waals surface area contributed by atoms with Crippen LogP contribution in [-0.2, 0) is 19.1 Å². The van der Waals surface area contributed by atoms with Gasteiger partial charge < -0.3 is 25.8 Å². The van der Waals surface area contributed by atoms with E-state index in [9.17, 15) is 24.3 Å². The molecule has 9 heteroatoms. The summed E-state index contributed by atoms with van der Waals surface area (Å²) in [6.07, 6.45) is 9.21. The number of hydrogen-bond acceptors (Lipinski definition) is 6. The van der Waals surface area contributed by atoms with Crippen LogP contribution in [0.15, 0.2) is 11.1 Å². The van der Waals surface area contributed by atoms with Crippen LogP contribution < -0.4 is 11.1 Å². The fraction of sp³-hybridized carbons (Fsp3) is 0.854. The third-order valence-corrected chi connectivity index (χ3v) is 15.9. The number of nitrogens with zero attached hydrogens (tertiary/aromatic N) is 1. The summed E-state index contributed by atoms with van der Waals surface area (Å²) < 4.78 is 6.15. The Bertz CT molecular complexity index is 1460. The van der Waals surface area contributed by atoms with Crippen LogP contribution in [0.25, 0.3) is 0 Å². The van der Waals surface area contributed by atoms with Crippen molar-refractivity contribution in [3.63, 3.8) is 0 Å². The second-order valence-corrected chi connectivity index (χ2v) is 19.7. The van der Waals surface area contributed by atoms with Gasteiger partial charge in [0.1, 0.15) is 11.9 Å². The molecule has 2 amide bonds. The van der Waals surface area contributed by atoms with Gasteiger partial charge in [-0.15, -0.1) is 0 Å². The average molecular weight is 696 g/mol.